The van der Waals surface area contributed by atoms with Gasteiger partial charge in [0.15, 0.2) is 0 Å². The lowest BCUT2D eigenvalue weighted by molar-refractivity contribution is -0.0163. The number of benzene rings is 1. The van der Waals surface area contributed by atoms with Crippen molar-refractivity contribution in [1.82, 2.24) is 14.9 Å². The van der Waals surface area contributed by atoms with Crippen LogP contribution in [0.1, 0.15) is 35.4 Å². The standard InChI is InChI=1S/C19H22FN3O3/c1-14-21-11-15(12-22-14)18(24)23-9-2-7-19(25,8-10-23)13-26-17-5-3-16(20)4-6-17/h3-6,11-12,25H,2,7-10,13H2,1H3. The summed E-state index contributed by atoms with van der Waals surface area (Å²) >= 11 is 0. The van der Waals surface area contributed by atoms with Gasteiger partial charge in [-0.25, -0.2) is 14.4 Å². The van der Waals surface area contributed by atoms with Crippen LogP contribution in [-0.2, 0) is 0 Å². The lowest BCUT2D eigenvalue weighted by atomic mass is 9.96. The monoisotopic (exact) mass is 359 g/mol. The Morgan fingerprint density at radius 1 is 1.23 bits per heavy atom. The fraction of sp³-hybridized carbons (Fsp3) is 0.421. The van der Waals surface area contributed by atoms with E-state index in [9.17, 15) is 14.3 Å². The molecule has 1 aliphatic heterocycles. The smallest absolute Gasteiger partial charge is 0.256 e. The van der Waals surface area contributed by atoms with Gasteiger partial charge < -0.3 is 14.7 Å². The molecular formula is C19H22FN3O3. The van der Waals surface area contributed by atoms with Crippen molar-refractivity contribution in [2.45, 2.75) is 31.8 Å². The van der Waals surface area contributed by atoms with Crippen LogP contribution in [0.2, 0.25) is 0 Å². The molecule has 1 unspecified atom stereocenters. The maximum Gasteiger partial charge on any atom is 0.256 e. The minimum Gasteiger partial charge on any atom is -0.491 e. The van der Waals surface area contributed by atoms with Crippen molar-refractivity contribution < 1.29 is 19.0 Å². The second kappa shape index (κ2) is 7.78. The molecule has 3 rings (SSSR count). The second-order valence-electron chi connectivity index (χ2n) is 6.63. The summed E-state index contributed by atoms with van der Waals surface area (Å²) in [5, 5.41) is 10.8. The largest absolute Gasteiger partial charge is 0.491 e. The summed E-state index contributed by atoms with van der Waals surface area (Å²) in [4.78, 5) is 22.4. The van der Waals surface area contributed by atoms with Crippen LogP contribution in [-0.4, -0.2) is 51.2 Å². The van der Waals surface area contributed by atoms with Gasteiger partial charge in [-0.15, -0.1) is 0 Å². The Bertz CT molecular complexity index is 752. The minimum atomic E-state index is -1.02. The van der Waals surface area contributed by atoms with E-state index >= 15 is 0 Å². The molecule has 0 saturated carbocycles. The summed E-state index contributed by atoms with van der Waals surface area (Å²) in [6.45, 7) is 2.86. The first kappa shape index (κ1) is 18.3. The average Bonchev–Trinajstić information content (AvgIpc) is 2.84. The van der Waals surface area contributed by atoms with E-state index in [-0.39, 0.29) is 18.3 Å². The van der Waals surface area contributed by atoms with E-state index in [1.807, 2.05) is 0 Å². The van der Waals surface area contributed by atoms with Crippen molar-refractivity contribution in [3.63, 3.8) is 0 Å². The minimum absolute atomic E-state index is 0.105. The Balaban J connectivity index is 1.58. The Morgan fingerprint density at radius 3 is 2.62 bits per heavy atom. The van der Waals surface area contributed by atoms with Crippen molar-refractivity contribution in [3.05, 3.63) is 53.9 Å². The number of aliphatic hydroxyl groups is 1. The van der Waals surface area contributed by atoms with E-state index in [1.54, 1.807) is 11.8 Å². The number of aryl methyl sites for hydroxylation is 1. The molecule has 1 N–H and O–H groups in total. The van der Waals surface area contributed by atoms with Crippen LogP contribution >= 0.6 is 0 Å². The van der Waals surface area contributed by atoms with Crippen LogP contribution in [0.25, 0.3) is 0 Å². The molecule has 26 heavy (non-hydrogen) atoms. The molecule has 1 saturated heterocycles. The van der Waals surface area contributed by atoms with E-state index in [0.717, 1.165) is 0 Å². The van der Waals surface area contributed by atoms with Crippen LogP contribution < -0.4 is 4.74 Å². The summed E-state index contributed by atoms with van der Waals surface area (Å²) in [6, 6.07) is 5.69. The van der Waals surface area contributed by atoms with Crippen LogP contribution in [0, 0.1) is 12.7 Å². The number of hydrogen-bond acceptors (Lipinski definition) is 5. The van der Waals surface area contributed by atoms with Crippen LogP contribution in [0.3, 0.4) is 0 Å². The molecule has 0 spiro atoms. The highest BCUT2D eigenvalue weighted by atomic mass is 19.1. The van der Waals surface area contributed by atoms with Gasteiger partial charge in [0.25, 0.3) is 5.91 Å². The number of halogens is 1. The van der Waals surface area contributed by atoms with Crippen molar-refractivity contribution >= 4 is 5.91 Å². The van der Waals surface area contributed by atoms with Crippen molar-refractivity contribution in [3.8, 4) is 5.75 Å². The van der Waals surface area contributed by atoms with E-state index in [0.29, 0.717) is 49.5 Å². The zero-order valence-electron chi connectivity index (χ0n) is 14.7. The normalized spacial score (nSPS) is 20.5. The lowest BCUT2D eigenvalue weighted by Gasteiger charge is -2.27. The van der Waals surface area contributed by atoms with E-state index < -0.39 is 5.60 Å². The van der Waals surface area contributed by atoms with Gasteiger partial charge >= 0.3 is 0 Å². The van der Waals surface area contributed by atoms with Gasteiger partial charge in [-0.1, -0.05) is 0 Å². The van der Waals surface area contributed by atoms with Gasteiger partial charge in [0.1, 0.15) is 29.6 Å². The first-order valence-electron chi connectivity index (χ1n) is 8.64. The Kier molecular flexibility index (Phi) is 5.46. The van der Waals surface area contributed by atoms with Gasteiger partial charge in [0.2, 0.25) is 0 Å². The number of carbonyl (C=O) groups excluding carboxylic acids is 1. The Hall–Kier alpha value is -2.54. The number of hydrogen-bond donors (Lipinski definition) is 1. The summed E-state index contributed by atoms with van der Waals surface area (Å²) in [5.74, 6) is 0.659. The molecule has 1 aromatic heterocycles. The number of amides is 1. The van der Waals surface area contributed by atoms with E-state index in [4.69, 9.17) is 4.74 Å². The topological polar surface area (TPSA) is 75.6 Å². The van der Waals surface area contributed by atoms with Gasteiger partial charge in [0, 0.05) is 25.5 Å². The summed E-state index contributed by atoms with van der Waals surface area (Å²) in [7, 11) is 0. The molecule has 138 valence electrons. The maximum atomic E-state index is 12.9. The highest BCUT2D eigenvalue weighted by molar-refractivity contribution is 5.93. The molecule has 6 nitrogen and oxygen atoms in total. The Labute approximate surface area is 151 Å². The molecule has 0 bridgehead atoms. The predicted octanol–water partition coefficient (Wildman–Crippen LogP) is 2.36. The fourth-order valence-electron chi connectivity index (χ4n) is 2.96. The second-order valence-corrected chi connectivity index (χ2v) is 6.63. The molecule has 0 radical (unpaired) electrons. The van der Waals surface area contributed by atoms with Gasteiger partial charge in [-0.2, -0.15) is 0 Å². The molecule has 1 aromatic carbocycles. The molecule has 1 atom stereocenters. The maximum absolute atomic E-state index is 12.9. The average molecular weight is 359 g/mol. The summed E-state index contributed by atoms with van der Waals surface area (Å²) in [6.07, 6.45) is 4.66. The zero-order chi connectivity index (χ0) is 18.6. The number of rotatable bonds is 4. The van der Waals surface area contributed by atoms with Crippen LogP contribution in [0.5, 0.6) is 5.75 Å². The Morgan fingerprint density at radius 2 is 1.92 bits per heavy atom. The third-order valence-electron chi connectivity index (χ3n) is 4.55. The third-order valence-corrected chi connectivity index (χ3v) is 4.55. The van der Waals surface area contributed by atoms with Gasteiger partial charge in [-0.3, -0.25) is 4.79 Å². The first-order chi connectivity index (χ1) is 12.5. The predicted molar refractivity (Wildman–Crippen MR) is 93.4 cm³/mol. The van der Waals surface area contributed by atoms with Crippen molar-refractivity contribution in [2.24, 2.45) is 0 Å². The number of likely N-dealkylation sites (tertiary alicyclic amines) is 1. The highest BCUT2D eigenvalue weighted by Gasteiger charge is 2.32. The van der Waals surface area contributed by atoms with Gasteiger partial charge in [0.05, 0.1) is 5.56 Å². The van der Waals surface area contributed by atoms with Crippen LogP contribution in [0.4, 0.5) is 4.39 Å². The molecule has 1 fully saturated rings. The highest BCUT2D eigenvalue weighted by Crippen LogP contribution is 2.25. The van der Waals surface area contributed by atoms with Crippen molar-refractivity contribution in [1.29, 1.82) is 0 Å². The fourth-order valence-corrected chi connectivity index (χ4v) is 2.96. The van der Waals surface area contributed by atoms with E-state index in [1.165, 1.54) is 36.7 Å². The quantitative estimate of drug-likeness (QED) is 0.907. The molecule has 7 heteroatoms. The number of aromatic nitrogens is 2. The zero-order valence-corrected chi connectivity index (χ0v) is 14.7. The molecular weight excluding hydrogens is 337 g/mol. The molecule has 1 amide bonds. The molecule has 2 heterocycles. The number of ether oxygens (including phenoxy) is 1. The van der Waals surface area contributed by atoms with Crippen LogP contribution in [0.15, 0.2) is 36.7 Å². The van der Waals surface area contributed by atoms with Crippen molar-refractivity contribution in [2.75, 3.05) is 19.7 Å². The first-order valence-corrected chi connectivity index (χ1v) is 8.64. The summed E-state index contributed by atoms with van der Waals surface area (Å²) in [5.41, 5.74) is -0.573. The molecule has 1 aliphatic rings. The number of nitrogens with zero attached hydrogens (tertiary/aromatic N) is 3. The number of carbonyl (C=O) groups is 1. The lowest BCUT2D eigenvalue weighted by Crippen LogP contribution is -2.38. The van der Waals surface area contributed by atoms with Gasteiger partial charge in [-0.05, 0) is 50.5 Å². The molecule has 0 aliphatic carbocycles. The third kappa shape index (κ3) is 4.54. The van der Waals surface area contributed by atoms with E-state index in [2.05, 4.69) is 9.97 Å². The summed E-state index contributed by atoms with van der Waals surface area (Å²) < 4.78 is 18.6. The SMILES string of the molecule is Cc1ncc(C(=O)N2CCCC(O)(COc3ccc(F)cc3)CC2)cn1. The molecule has 2 aromatic rings.